The van der Waals surface area contributed by atoms with E-state index in [4.69, 9.17) is 5.73 Å². The Hall–Kier alpha value is -0.740. The van der Waals surface area contributed by atoms with Crippen molar-refractivity contribution in [3.63, 3.8) is 0 Å². The molecular formula is C9H12FNOS. The van der Waals surface area contributed by atoms with E-state index >= 15 is 0 Å². The molecule has 1 aromatic carbocycles. The van der Waals surface area contributed by atoms with E-state index in [-0.39, 0.29) is 11.6 Å². The van der Waals surface area contributed by atoms with E-state index in [9.17, 15) is 8.60 Å². The third kappa shape index (κ3) is 3.24. The van der Waals surface area contributed by atoms with Crippen molar-refractivity contribution in [3.8, 4) is 0 Å². The maximum atomic E-state index is 13.0. The van der Waals surface area contributed by atoms with Crippen molar-refractivity contribution in [2.24, 2.45) is 5.73 Å². The van der Waals surface area contributed by atoms with E-state index in [1.54, 1.807) is 18.2 Å². The van der Waals surface area contributed by atoms with Crippen LogP contribution in [0.15, 0.2) is 24.3 Å². The Morgan fingerprint density at radius 2 is 2.08 bits per heavy atom. The van der Waals surface area contributed by atoms with Crippen LogP contribution in [-0.2, 0) is 16.6 Å². The molecule has 1 aromatic rings. The molecule has 2 nitrogen and oxygen atoms in total. The van der Waals surface area contributed by atoms with Crippen LogP contribution < -0.4 is 5.73 Å². The lowest BCUT2D eigenvalue weighted by atomic mass is 10.2. The van der Waals surface area contributed by atoms with Crippen LogP contribution in [0.4, 0.5) is 4.39 Å². The van der Waals surface area contributed by atoms with Crippen LogP contribution in [0.1, 0.15) is 5.56 Å². The largest absolute Gasteiger partial charge is 0.330 e. The van der Waals surface area contributed by atoms with Crippen LogP contribution in [0.2, 0.25) is 0 Å². The molecular weight excluding hydrogens is 189 g/mol. The minimum atomic E-state index is -1.05. The summed E-state index contributed by atoms with van der Waals surface area (Å²) in [6, 6.07) is 6.36. The monoisotopic (exact) mass is 201 g/mol. The van der Waals surface area contributed by atoms with Crippen LogP contribution in [-0.4, -0.2) is 16.5 Å². The first-order valence-corrected chi connectivity index (χ1v) is 5.51. The minimum absolute atomic E-state index is 0.254. The fraction of sp³-hybridized carbons (Fsp3) is 0.333. The van der Waals surface area contributed by atoms with Crippen molar-refractivity contribution in [3.05, 3.63) is 35.6 Å². The van der Waals surface area contributed by atoms with Gasteiger partial charge in [-0.05, 0) is 6.07 Å². The lowest BCUT2D eigenvalue weighted by Crippen LogP contribution is -2.12. The fourth-order valence-corrected chi connectivity index (χ4v) is 1.98. The number of hydrogen-bond acceptors (Lipinski definition) is 2. The van der Waals surface area contributed by atoms with Crippen LogP contribution in [0, 0.1) is 5.82 Å². The van der Waals surface area contributed by atoms with E-state index in [1.165, 1.54) is 6.07 Å². The Morgan fingerprint density at radius 1 is 1.38 bits per heavy atom. The summed E-state index contributed by atoms with van der Waals surface area (Å²) in [5.74, 6) is 0.381. The fourth-order valence-electron chi connectivity index (χ4n) is 0.993. The first-order chi connectivity index (χ1) is 6.24. The molecule has 0 saturated carbocycles. The normalized spacial score (nSPS) is 12.8. The van der Waals surface area contributed by atoms with Crippen LogP contribution in [0.25, 0.3) is 0 Å². The van der Waals surface area contributed by atoms with Gasteiger partial charge in [0.25, 0.3) is 0 Å². The lowest BCUT2D eigenvalue weighted by Gasteiger charge is -2.01. The molecule has 72 valence electrons. The Morgan fingerprint density at radius 3 is 2.69 bits per heavy atom. The van der Waals surface area contributed by atoms with E-state index in [1.807, 2.05) is 0 Å². The number of halogens is 1. The first-order valence-electron chi connectivity index (χ1n) is 4.02. The van der Waals surface area contributed by atoms with Gasteiger partial charge in [0.15, 0.2) is 0 Å². The van der Waals surface area contributed by atoms with Gasteiger partial charge in [0.2, 0.25) is 0 Å². The molecule has 0 aliphatic carbocycles. The zero-order valence-corrected chi connectivity index (χ0v) is 8.02. The van der Waals surface area contributed by atoms with E-state index < -0.39 is 10.8 Å². The molecule has 0 heterocycles. The highest BCUT2D eigenvalue weighted by Gasteiger charge is 2.04. The Balaban J connectivity index is 2.63. The zero-order chi connectivity index (χ0) is 9.68. The summed E-state index contributed by atoms with van der Waals surface area (Å²) in [5.41, 5.74) is 5.73. The quantitative estimate of drug-likeness (QED) is 0.790. The van der Waals surface area contributed by atoms with E-state index in [0.29, 0.717) is 17.9 Å². The summed E-state index contributed by atoms with van der Waals surface area (Å²) >= 11 is 0. The number of hydrogen-bond donors (Lipinski definition) is 1. The molecule has 0 bridgehead atoms. The molecule has 0 saturated heterocycles. The zero-order valence-electron chi connectivity index (χ0n) is 7.20. The second-order valence-electron chi connectivity index (χ2n) is 2.67. The maximum absolute atomic E-state index is 13.0. The van der Waals surface area contributed by atoms with Gasteiger partial charge < -0.3 is 5.73 Å². The van der Waals surface area contributed by atoms with Gasteiger partial charge in [-0.15, -0.1) is 0 Å². The molecule has 1 atom stereocenters. The van der Waals surface area contributed by atoms with Crippen molar-refractivity contribution in [2.75, 3.05) is 12.3 Å². The average Bonchev–Trinajstić information content (AvgIpc) is 2.09. The molecule has 0 aromatic heterocycles. The lowest BCUT2D eigenvalue weighted by molar-refractivity contribution is 0.615. The molecule has 1 unspecified atom stereocenters. The van der Waals surface area contributed by atoms with Gasteiger partial charge in [-0.25, -0.2) is 4.39 Å². The summed E-state index contributed by atoms with van der Waals surface area (Å²) in [6.45, 7) is 0.376. The topological polar surface area (TPSA) is 43.1 Å². The Kier molecular flexibility index (Phi) is 4.05. The second kappa shape index (κ2) is 5.09. The third-order valence-electron chi connectivity index (χ3n) is 1.62. The average molecular weight is 201 g/mol. The molecule has 4 heteroatoms. The summed E-state index contributed by atoms with van der Waals surface area (Å²) < 4.78 is 24.3. The molecule has 0 aliphatic heterocycles. The van der Waals surface area contributed by atoms with Gasteiger partial charge >= 0.3 is 0 Å². The van der Waals surface area contributed by atoms with Gasteiger partial charge in [0.1, 0.15) is 5.82 Å². The smallest absolute Gasteiger partial charge is 0.127 e. The van der Waals surface area contributed by atoms with Crippen molar-refractivity contribution < 1.29 is 8.60 Å². The van der Waals surface area contributed by atoms with Crippen molar-refractivity contribution in [1.82, 2.24) is 0 Å². The predicted octanol–water partition coefficient (Wildman–Crippen LogP) is 1.03. The van der Waals surface area contributed by atoms with Gasteiger partial charge in [-0.3, -0.25) is 4.21 Å². The molecule has 0 radical (unpaired) electrons. The summed E-state index contributed by atoms with van der Waals surface area (Å²) in [7, 11) is -1.05. The summed E-state index contributed by atoms with van der Waals surface area (Å²) in [4.78, 5) is 0. The highest BCUT2D eigenvalue weighted by Crippen LogP contribution is 2.08. The molecule has 0 amide bonds. The molecule has 1 rings (SSSR count). The number of benzene rings is 1. The van der Waals surface area contributed by atoms with Crippen LogP contribution in [0.3, 0.4) is 0 Å². The standard InChI is InChI=1S/C9H12FNOS/c10-9-4-2-1-3-8(9)7-13(12)6-5-11/h1-4H,5-7,11H2. The summed E-state index contributed by atoms with van der Waals surface area (Å²) in [5, 5.41) is 0. The molecule has 2 N–H and O–H groups in total. The highest BCUT2D eigenvalue weighted by molar-refractivity contribution is 7.84. The SMILES string of the molecule is NCCS(=O)Cc1ccccc1F. The number of nitrogens with two attached hydrogens (primary N) is 1. The minimum Gasteiger partial charge on any atom is -0.330 e. The molecule has 13 heavy (non-hydrogen) atoms. The van der Waals surface area contributed by atoms with Crippen molar-refractivity contribution in [2.45, 2.75) is 5.75 Å². The van der Waals surface area contributed by atoms with Crippen LogP contribution >= 0.6 is 0 Å². The highest BCUT2D eigenvalue weighted by atomic mass is 32.2. The van der Waals surface area contributed by atoms with Gasteiger partial charge in [0.05, 0.1) is 5.75 Å². The van der Waals surface area contributed by atoms with Gasteiger partial charge in [-0.1, -0.05) is 18.2 Å². The van der Waals surface area contributed by atoms with E-state index in [2.05, 4.69) is 0 Å². The van der Waals surface area contributed by atoms with Crippen molar-refractivity contribution >= 4 is 10.8 Å². The summed E-state index contributed by atoms with van der Waals surface area (Å²) in [6.07, 6.45) is 0. The second-order valence-corrected chi connectivity index (χ2v) is 4.24. The van der Waals surface area contributed by atoms with Crippen molar-refractivity contribution in [1.29, 1.82) is 0 Å². The Labute approximate surface area is 79.4 Å². The third-order valence-corrected chi connectivity index (χ3v) is 2.94. The van der Waals surface area contributed by atoms with Crippen LogP contribution in [0.5, 0.6) is 0 Å². The van der Waals surface area contributed by atoms with E-state index in [0.717, 1.165) is 0 Å². The maximum Gasteiger partial charge on any atom is 0.127 e. The Bertz CT molecular complexity index is 303. The first kappa shape index (κ1) is 10.3. The predicted molar refractivity (Wildman–Crippen MR) is 52.2 cm³/mol. The molecule has 0 aliphatic rings. The number of rotatable bonds is 4. The molecule has 0 spiro atoms. The molecule has 0 fully saturated rings. The van der Waals surface area contributed by atoms with Gasteiger partial charge in [0, 0.05) is 28.7 Å². The van der Waals surface area contributed by atoms with Gasteiger partial charge in [-0.2, -0.15) is 0 Å².